The number of nitrogens with zero attached hydrogens (tertiary/aromatic N) is 3. The van der Waals surface area contributed by atoms with Crippen LogP contribution in [0, 0.1) is 0 Å². The third kappa shape index (κ3) is 5.49. The van der Waals surface area contributed by atoms with E-state index in [9.17, 15) is 0 Å². The first kappa shape index (κ1) is 22.2. The SMILES string of the molecule is COc1ccc(Cn2ccc(-c3ccc(OCCCN4CCc5ccccc5C4)cc3)n2)cc1. The molecule has 0 spiro atoms. The average molecular weight is 454 g/mol. The highest BCUT2D eigenvalue weighted by atomic mass is 16.5. The van der Waals surface area contributed by atoms with Crippen molar-refractivity contribution in [3.63, 3.8) is 0 Å². The fourth-order valence-electron chi connectivity index (χ4n) is 4.47. The molecule has 0 radical (unpaired) electrons. The van der Waals surface area contributed by atoms with E-state index in [1.54, 1.807) is 7.11 Å². The first-order chi connectivity index (χ1) is 16.8. The van der Waals surface area contributed by atoms with Gasteiger partial charge < -0.3 is 9.47 Å². The molecule has 1 aliphatic rings. The highest BCUT2D eigenvalue weighted by molar-refractivity contribution is 5.59. The topological polar surface area (TPSA) is 39.5 Å². The third-order valence-corrected chi connectivity index (χ3v) is 6.39. The summed E-state index contributed by atoms with van der Waals surface area (Å²) in [4.78, 5) is 2.52. The molecule has 0 N–H and O–H groups in total. The zero-order valence-corrected chi connectivity index (χ0v) is 19.7. The van der Waals surface area contributed by atoms with Gasteiger partial charge >= 0.3 is 0 Å². The summed E-state index contributed by atoms with van der Waals surface area (Å²) in [6, 6.07) is 27.2. The number of hydrogen-bond donors (Lipinski definition) is 0. The lowest BCUT2D eigenvalue weighted by atomic mass is 10.00. The second-order valence-electron chi connectivity index (χ2n) is 8.77. The van der Waals surface area contributed by atoms with E-state index in [0.29, 0.717) is 0 Å². The Morgan fingerprint density at radius 2 is 1.62 bits per heavy atom. The Morgan fingerprint density at radius 3 is 2.41 bits per heavy atom. The predicted octanol–water partition coefficient (Wildman–Crippen LogP) is 5.43. The van der Waals surface area contributed by atoms with Crippen LogP contribution in [0.1, 0.15) is 23.1 Å². The highest BCUT2D eigenvalue weighted by Crippen LogP contribution is 2.22. The molecule has 0 bridgehead atoms. The molecule has 0 amide bonds. The van der Waals surface area contributed by atoms with Crippen molar-refractivity contribution in [2.75, 3.05) is 26.8 Å². The van der Waals surface area contributed by atoms with Crippen molar-refractivity contribution in [1.29, 1.82) is 0 Å². The smallest absolute Gasteiger partial charge is 0.119 e. The molecule has 1 aromatic heterocycles. The lowest BCUT2D eigenvalue weighted by molar-refractivity contribution is 0.221. The third-order valence-electron chi connectivity index (χ3n) is 6.39. The van der Waals surface area contributed by atoms with E-state index in [-0.39, 0.29) is 0 Å². The Hall–Kier alpha value is -3.57. The molecule has 5 heteroatoms. The van der Waals surface area contributed by atoms with E-state index in [1.165, 1.54) is 16.7 Å². The molecule has 174 valence electrons. The molecule has 3 aromatic carbocycles. The zero-order valence-electron chi connectivity index (χ0n) is 19.7. The maximum atomic E-state index is 6.00. The predicted molar refractivity (Wildman–Crippen MR) is 135 cm³/mol. The van der Waals surface area contributed by atoms with E-state index in [0.717, 1.165) is 68.4 Å². The Bertz CT molecular complexity index is 1200. The molecule has 0 unspecified atom stereocenters. The van der Waals surface area contributed by atoms with Gasteiger partial charge in [-0.15, -0.1) is 0 Å². The van der Waals surface area contributed by atoms with Crippen LogP contribution in [-0.2, 0) is 19.5 Å². The maximum Gasteiger partial charge on any atom is 0.119 e. The van der Waals surface area contributed by atoms with Crippen LogP contribution >= 0.6 is 0 Å². The second kappa shape index (κ2) is 10.6. The minimum absolute atomic E-state index is 0.730. The van der Waals surface area contributed by atoms with Crippen LogP contribution in [-0.4, -0.2) is 41.5 Å². The van der Waals surface area contributed by atoms with Crippen LogP contribution in [0.3, 0.4) is 0 Å². The molecule has 5 rings (SSSR count). The Morgan fingerprint density at radius 1 is 0.853 bits per heavy atom. The Kier molecular flexibility index (Phi) is 6.91. The average Bonchev–Trinajstić information content (AvgIpc) is 3.36. The van der Waals surface area contributed by atoms with E-state index in [2.05, 4.69) is 59.5 Å². The van der Waals surface area contributed by atoms with Gasteiger partial charge in [0.05, 0.1) is 26.0 Å². The number of ether oxygens (including phenoxy) is 2. The second-order valence-corrected chi connectivity index (χ2v) is 8.77. The van der Waals surface area contributed by atoms with Crippen molar-refractivity contribution in [3.8, 4) is 22.8 Å². The first-order valence-electron chi connectivity index (χ1n) is 12.0. The zero-order chi connectivity index (χ0) is 23.2. The monoisotopic (exact) mass is 453 g/mol. The summed E-state index contributed by atoms with van der Waals surface area (Å²) in [5, 5.41) is 4.73. The highest BCUT2D eigenvalue weighted by Gasteiger charge is 2.15. The van der Waals surface area contributed by atoms with Gasteiger partial charge in [-0.05, 0) is 72.0 Å². The summed E-state index contributed by atoms with van der Waals surface area (Å²) in [6.07, 6.45) is 4.19. The van der Waals surface area contributed by atoms with E-state index < -0.39 is 0 Å². The summed E-state index contributed by atoms with van der Waals surface area (Å²) in [6.45, 7) is 4.71. The molecule has 0 aliphatic carbocycles. The molecule has 1 aliphatic heterocycles. The Labute approximate surface area is 201 Å². The molecule has 34 heavy (non-hydrogen) atoms. The van der Waals surface area contributed by atoms with Gasteiger partial charge in [-0.25, -0.2) is 0 Å². The fourth-order valence-corrected chi connectivity index (χ4v) is 4.47. The first-order valence-corrected chi connectivity index (χ1v) is 12.0. The standard InChI is InChI=1S/C29H31N3O2/c1-33-27-11-7-23(8-12-27)21-32-19-16-29(30-32)25-9-13-28(14-10-25)34-20-4-17-31-18-15-24-5-2-3-6-26(24)22-31/h2-3,5-14,16,19H,4,15,17-18,20-22H2,1H3. The molecule has 0 saturated carbocycles. The molecule has 0 fully saturated rings. The van der Waals surface area contributed by atoms with E-state index >= 15 is 0 Å². The van der Waals surface area contributed by atoms with Crippen molar-refractivity contribution < 1.29 is 9.47 Å². The summed E-state index contributed by atoms with van der Waals surface area (Å²) in [7, 11) is 1.68. The molecule has 2 heterocycles. The normalized spacial score (nSPS) is 13.4. The number of rotatable bonds is 9. The minimum Gasteiger partial charge on any atom is -0.497 e. The van der Waals surface area contributed by atoms with Gasteiger partial charge in [-0.1, -0.05) is 36.4 Å². The summed E-state index contributed by atoms with van der Waals surface area (Å²) in [5.41, 5.74) is 6.21. The molecular formula is C29H31N3O2. The number of fused-ring (bicyclic) bond motifs is 1. The lowest BCUT2D eigenvalue weighted by Gasteiger charge is -2.28. The lowest BCUT2D eigenvalue weighted by Crippen LogP contribution is -2.31. The van der Waals surface area contributed by atoms with Gasteiger partial charge in [0, 0.05) is 31.4 Å². The molecule has 0 saturated heterocycles. The molecule has 5 nitrogen and oxygen atoms in total. The van der Waals surface area contributed by atoms with Crippen LogP contribution in [0.4, 0.5) is 0 Å². The maximum absolute atomic E-state index is 6.00. The molecular weight excluding hydrogens is 422 g/mol. The van der Waals surface area contributed by atoms with E-state index in [1.807, 2.05) is 35.1 Å². The minimum atomic E-state index is 0.730. The quantitative estimate of drug-likeness (QED) is 0.317. The Balaban J connectivity index is 1.08. The summed E-state index contributed by atoms with van der Waals surface area (Å²) < 4.78 is 13.2. The van der Waals surface area contributed by atoms with Gasteiger partial charge in [0.2, 0.25) is 0 Å². The molecule has 0 atom stereocenters. The van der Waals surface area contributed by atoms with Gasteiger partial charge in [0.15, 0.2) is 0 Å². The van der Waals surface area contributed by atoms with Crippen LogP contribution in [0.15, 0.2) is 85.1 Å². The van der Waals surface area contributed by atoms with Gasteiger partial charge in [-0.2, -0.15) is 5.10 Å². The van der Waals surface area contributed by atoms with Crippen LogP contribution in [0.25, 0.3) is 11.3 Å². The molecule has 4 aromatic rings. The van der Waals surface area contributed by atoms with Crippen molar-refractivity contribution in [2.45, 2.75) is 25.9 Å². The largest absolute Gasteiger partial charge is 0.497 e. The van der Waals surface area contributed by atoms with Crippen molar-refractivity contribution in [3.05, 3.63) is 102 Å². The number of methoxy groups -OCH3 is 1. The van der Waals surface area contributed by atoms with Crippen molar-refractivity contribution >= 4 is 0 Å². The van der Waals surface area contributed by atoms with Crippen molar-refractivity contribution in [1.82, 2.24) is 14.7 Å². The van der Waals surface area contributed by atoms with E-state index in [4.69, 9.17) is 14.6 Å². The summed E-state index contributed by atoms with van der Waals surface area (Å²) in [5.74, 6) is 1.77. The summed E-state index contributed by atoms with van der Waals surface area (Å²) >= 11 is 0. The van der Waals surface area contributed by atoms with Crippen molar-refractivity contribution in [2.24, 2.45) is 0 Å². The number of benzene rings is 3. The van der Waals surface area contributed by atoms with Crippen LogP contribution in [0.5, 0.6) is 11.5 Å². The van der Waals surface area contributed by atoms with Crippen LogP contribution in [0.2, 0.25) is 0 Å². The number of hydrogen-bond acceptors (Lipinski definition) is 4. The van der Waals surface area contributed by atoms with Gasteiger partial charge in [-0.3, -0.25) is 9.58 Å². The fraction of sp³-hybridized carbons (Fsp3) is 0.276. The van der Waals surface area contributed by atoms with Gasteiger partial charge in [0.1, 0.15) is 11.5 Å². The van der Waals surface area contributed by atoms with Gasteiger partial charge in [0.25, 0.3) is 0 Å². The van der Waals surface area contributed by atoms with Crippen LogP contribution < -0.4 is 9.47 Å². The number of aromatic nitrogens is 2.